The van der Waals surface area contributed by atoms with E-state index < -0.39 is 17.7 Å². The average molecular weight is 448 g/mol. The van der Waals surface area contributed by atoms with Gasteiger partial charge in [0.25, 0.3) is 11.7 Å². The predicted molar refractivity (Wildman–Crippen MR) is 126 cm³/mol. The molecule has 164 valence electrons. The summed E-state index contributed by atoms with van der Waals surface area (Å²) in [4.78, 5) is 28.7. The Hall–Kier alpha value is -3.38. The van der Waals surface area contributed by atoms with E-state index in [1.807, 2.05) is 55.6 Å². The first-order valence-corrected chi connectivity index (χ1v) is 11.5. The Morgan fingerprint density at radius 1 is 1.09 bits per heavy atom. The summed E-state index contributed by atoms with van der Waals surface area (Å²) in [6, 6.07) is 17.9. The number of likely N-dealkylation sites (tertiary alicyclic amines) is 1. The highest BCUT2D eigenvalue weighted by Crippen LogP contribution is 2.41. The minimum Gasteiger partial charge on any atom is -0.507 e. The summed E-state index contributed by atoms with van der Waals surface area (Å²) >= 11 is 1.53. The molecule has 1 atom stereocenters. The van der Waals surface area contributed by atoms with Crippen molar-refractivity contribution in [3.63, 3.8) is 0 Å². The molecule has 1 amide bonds. The van der Waals surface area contributed by atoms with Gasteiger partial charge in [0, 0.05) is 10.4 Å². The van der Waals surface area contributed by atoms with Gasteiger partial charge in [-0.3, -0.25) is 9.59 Å². The number of carbonyl (C=O) groups excluding carboxylic acids is 2. The topological polar surface area (TPSA) is 66.8 Å². The van der Waals surface area contributed by atoms with Crippen LogP contribution in [-0.4, -0.2) is 28.3 Å². The van der Waals surface area contributed by atoms with Gasteiger partial charge in [-0.1, -0.05) is 55.0 Å². The van der Waals surface area contributed by atoms with E-state index in [0.717, 1.165) is 22.4 Å². The van der Waals surface area contributed by atoms with Crippen LogP contribution in [0.4, 0.5) is 0 Å². The second kappa shape index (κ2) is 9.40. The van der Waals surface area contributed by atoms with Crippen LogP contribution in [0.3, 0.4) is 0 Å². The number of carbonyl (C=O) groups is 2. The lowest BCUT2D eigenvalue weighted by molar-refractivity contribution is -0.140. The van der Waals surface area contributed by atoms with Gasteiger partial charge >= 0.3 is 0 Å². The Labute approximate surface area is 191 Å². The summed E-state index contributed by atoms with van der Waals surface area (Å²) in [6.07, 6.45) is 0.859. The van der Waals surface area contributed by atoms with Gasteiger partial charge < -0.3 is 14.7 Å². The second-order valence-electron chi connectivity index (χ2n) is 7.80. The number of aryl methyl sites for hydroxylation is 1. The molecule has 2 aromatic carbocycles. The first-order valence-electron chi connectivity index (χ1n) is 10.6. The van der Waals surface area contributed by atoms with E-state index in [-0.39, 0.29) is 11.3 Å². The van der Waals surface area contributed by atoms with Crippen molar-refractivity contribution in [2.45, 2.75) is 32.9 Å². The lowest BCUT2D eigenvalue weighted by Crippen LogP contribution is -2.28. The Balaban J connectivity index is 1.82. The lowest BCUT2D eigenvalue weighted by Gasteiger charge is -2.25. The monoisotopic (exact) mass is 447 g/mol. The van der Waals surface area contributed by atoms with E-state index in [2.05, 4.69) is 0 Å². The first-order chi connectivity index (χ1) is 15.5. The van der Waals surface area contributed by atoms with Crippen molar-refractivity contribution in [3.8, 4) is 5.75 Å². The number of hydrogen-bond acceptors (Lipinski definition) is 5. The van der Waals surface area contributed by atoms with Gasteiger partial charge in [-0.25, -0.2) is 0 Å². The molecule has 0 bridgehead atoms. The molecule has 1 saturated heterocycles. The number of ether oxygens (including phenoxy) is 1. The fourth-order valence-electron chi connectivity index (χ4n) is 3.91. The van der Waals surface area contributed by atoms with Crippen LogP contribution >= 0.6 is 11.3 Å². The number of amides is 1. The summed E-state index contributed by atoms with van der Waals surface area (Å²) in [5.41, 5.74) is 2.36. The molecule has 2 heterocycles. The number of hydrogen-bond donors (Lipinski definition) is 1. The maximum absolute atomic E-state index is 13.1. The van der Waals surface area contributed by atoms with E-state index in [1.54, 1.807) is 29.2 Å². The SMILES string of the molecule is CCCOc1cccc(/C(O)=C2/C(=O)C(=O)N(Cc3cccs3)C2c2cccc(C)c2)c1. The quantitative estimate of drug-likeness (QED) is 0.296. The molecule has 0 aliphatic carbocycles. The highest BCUT2D eigenvalue weighted by Gasteiger charge is 2.46. The van der Waals surface area contributed by atoms with Crippen LogP contribution in [-0.2, 0) is 16.1 Å². The van der Waals surface area contributed by atoms with Crippen LogP contribution in [0.1, 0.15) is 41.0 Å². The van der Waals surface area contributed by atoms with Gasteiger partial charge in [-0.2, -0.15) is 0 Å². The number of nitrogens with zero attached hydrogens (tertiary/aromatic N) is 1. The average Bonchev–Trinajstić information content (AvgIpc) is 3.40. The molecule has 4 rings (SSSR count). The Morgan fingerprint density at radius 3 is 2.62 bits per heavy atom. The fourth-order valence-corrected chi connectivity index (χ4v) is 4.61. The fraction of sp³-hybridized carbons (Fsp3) is 0.231. The summed E-state index contributed by atoms with van der Waals surface area (Å²) in [5.74, 6) is -0.864. The molecule has 0 radical (unpaired) electrons. The van der Waals surface area contributed by atoms with Gasteiger partial charge in [-0.15, -0.1) is 11.3 Å². The normalized spacial score (nSPS) is 17.7. The number of aliphatic hydroxyl groups is 1. The summed E-state index contributed by atoms with van der Waals surface area (Å²) in [5, 5.41) is 13.2. The third kappa shape index (κ3) is 4.32. The zero-order valence-corrected chi connectivity index (χ0v) is 18.9. The zero-order chi connectivity index (χ0) is 22.7. The van der Waals surface area contributed by atoms with Crippen molar-refractivity contribution in [2.75, 3.05) is 6.61 Å². The standard InChI is InChI=1S/C26H25NO4S/c1-3-12-31-20-10-5-9-19(15-20)24(28)22-23(18-8-4-7-17(2)14-18)27(26(30)25(22)29)16-21-11-6-13-32-21/h4-11,13-15,23,28H,3,12,16H2,1-2H3/b24-22-. The first kappa shape index (κ1) is 21.8. The molecule has 1 aromatic heterocycles. The molecule has 0 saturated carbocycles. The molecular weight excluding hydrogens is 422 g/mol. The van der Waals surface area contributed by atoms with Gasteiger partial charge in [-0.05, 0) is 42.5 Å². The summed E-state index contributed by atoms with van der Waals surface area (Å²) in [7, 11) is 0. The Bertz CT molecular complexity index is 1170. The molecule has 0 spiro atoms. The summed E-state index contributed by atoms with van der Waals surface area (Å²) in [6.45, 7) is 4.83. The highest BCUT2D eigenvalue weighted by molar-refractivity contribution is 7.09. The smallest absolute Gasteiger partial charge is 0.295 e. The van der Waals surface area contributed by atoms with Crippen LogP contribution in [0.2, 0.25) is 0 Å². The van der Waals surface area contributed by atoms with Crippen molar-refractivity contribution in [3.05, 3.63) is 93.2 Å². The zero-order valence-electron chi connectivity index (χ0n) is 18.1. The van der Waals surface area contributed by atoms with Gasteiger partial charge in [0.15, 0.2) is 0 Å². The number of aliphatic hydroxyl groups excluding tert-OH is 1. The van der Waals surface area contributed by atoms with Crippen LogP contribution in [0.5, 0.6) is 5.75 Å². The Kier molecular flexibility index (Phi) is 6.42. The summed E-state index contributed by atoms with van der Waals surface area (Å²) < 4.78 is 5.68. The largest absolute Gasteiger partial charge is 0.507 e. The highest BCUT2D eigenvalue weighted by atomic mass is 32.1. The number of ketones is 1. The third-order valence-electron chi connectivity index (χ3n) is 5.38. The minimum atomic E-state index is -0.676. The second-order valence-corrected chi connectivity index (χ2v) is 8.83. The number of benzene rings is 2. The Morgan fingerprint density at radius 2 is 1.91 bits per heavy atom. The van der Waals surface area contributed by atoms with E-state index in [4.69, 9.17) is 4.74 Å². The van der Waals surface area contributed by atoms with E-state index in [9.17, 15) is 14.7 Å². The molecule has 1 unspecified atom stereocenters. The van der Waals surface area contributed by atoms with Crippen LogP contribution in [0, 0.1) is 6.92 Å². The molecule has 32 heavy (non-hydrogen) atoms. The predicted octanol–water partition coefficient (Wildman–Crippen LogP) is 5.47. The minimum absolute atomic E-state index is 0.102. The molecule has 1 aliphatic rings. The lowest BCUT2D eigenvalue weighted by atomic mass is 9.94. The number of Topliss-reactive ketones (excluding diaryl/α,β-unsaturated/α-hetero) is 1. The van der Waals surface area contributed by atoms with E-state index >= 15 is 0 Å². The van der Waals surface area contributed by atoms with Gasteiger partial charge in [0.2, 0.25) is 0 Å². The number of rotatable bonds is 7. The number of thiophene rings is 1. The van der Waals surface area contributed by atoms with Crippen molar-refractivity contribution < 1.29 is 19.4 Å². The van der Waals surface area contributed by atoms with Crippen LogP contribution in [0.15, 0.2) is 71.6 Å². The molecule has 5 nitrogen and oxygen atoms in total. The molecule has 1 N–H and O–H groups in total. The maximum Gasteiger partial charge on any atom is 0.295 e. The van der Waals surface area contributed by atoms with Crippen LogP contribution in [0.25, 0.3) is 5.76 Å². The van der Waals surface area contributed by atoms with Gasteiger partial charge in [0.1, 0.15) is 11.5 Å². The van der Waals surface area contributed by atoms with Crippen molar-refractivity contribution in [2.24, 2.45) is 0 Å². The molecule has 6 heteroatoms. The van der Waals surface area contributed by atoms with Gasteiger partial charge in [0.05, 0.1) is 24.8 Å². The molecule has 3 aromatic rings. The van der Waals surface area contributed by atoms with Crippen LogP contribution < -0.4 is 4.74 Å². The molecular formula is C26H25NO4S. The maximum atomic E-state index is 13.1. The van der Waals surface area contributed by atoms with Crippen molar-refractivity contribution in [1.82, 2.24) is 4.90 Å². The van der Waals surface area contributed by atoms with E-state index in [0.29, 0.717) is 24.5 Å². The van der Waals surface area contributed by atoms with Crippen molar-refractivity contribution >= 4 is 28.8 Å². The van der Waals surface area contributed by atoms with E-state index in [1.165, 1.54) is 11.3 Å². The third-order valence-corrected chi connectivity index (χ3v) is 6.25. The molecule has 1 fully saturated rings. The van der Waals surface area contributed by atoms with Crippen molar-refractivity contribution in [1.29, 1.82) is 0 Å². The molecule has 1 aliphatic heterocycles.